The predicted molar refractivity (Wildman–Crippen MR) is 156 cm³/mol. The number of hydrogen-bond donors (Lipinski definition) is 1. The molecule has 0 aromatic heterocycles. The average Bonchev–Trinajstić information content (AvgIpc) is 2.93. The van der Waals surface area contributed by atoms with Crippen molar-refractivity contribution in [3.05, 3.63) is 95.0 Å². The third-order valence-electron chi connectivity index (χ3n) is 6.68. The largest absolute Gasteiger partial charge is 0.352 e. The fraction of sp³-hybridized carbons (Fsp3) is 0.333. The molecule has 3 aromatic carbocycles. The lowest BCUT2D eigenvalue weighted by molar-refractivity contribution is -0.140. The molecule has 3 rings (SSSR count). The molecule has 0 aliphatic heterocycles. The zero-order valence-electron chi connectivity index (χ0n) is 22.8. The van der Waals surface area contributed by atoms with Crippen molar-refractivity contribution in [2.75, 3.05) is 10.8 Å². The number of sulfonamides is 1. The van der Waals surface area contributed by atoms with Crippen LogP contribution in [0.5, 0.6) is 0 Å². The molecule has 7 nitrogen and oxygen atoms in total. The summed E-state index contributed by atoms with van der Waals surface area (Å²) in [4.78, 5) is 28.9. The summed E-state index contributed by atoms with van der Waals surface area (Å²) >= 11 is 6.44. The van der Waals surface area contributed by atoms with Gasteiger partial charge in [0.1, 0.15) is 12.6 Å². The zero-order valence-corrected chi connectivity index (χ0v) is 24.4. The van der Waals surface area contributed by atoms with E-state index in [1.807, 2.05) is 32.9 Å². The molecule has 1 N–H and O–H groups in total. The standard InChI is InChI=1S/C30H36ClN3O4S/c1-5-23(4)32-30(36)27(6-2)33(20-24-15-11-12-18-26(24)31)29(35)21-34(28-19-13-10-14-22(28)3)39(37,38)25-16-8-7-9-17-25/h7-19,23,27H,5-6,20-21H2,1-4H3,(H,32,36)/t23-,27-/m1/s1. The Kier molecular flexibility index (Phi) is 10.5. The number of halogens is 1. The summed E-state index contributed by atoms with van der Waals surface area (Å²) < 4.78 is 28.9. The molecule has 0 radical (unpaired) electrons. The number of aryl methyl sites for hydroxylation is 1. The molecule has 0 heterocycles. The molecule has 0 bridgehead atoms. The summed E-state index contributed by atoms with van der Waals surface area (Å²) in [5.41, 5.74) is 1.75. The van der Waals surface area contributed by atoms with Crippen molar-refractivity contribution in [2.45, 2.75) is 64.1 Å². The number of amides is 2. The molecule has 0 aliphatic carbocycles. The first kappa shape index (κ1) is 30.2. The quantitative estimate of drug-likeness (QED) is 0.309. The second-order valence-electron chi connectivity index (χ2n) is 9.47. The highest BCUT2D eigenvalue weighted by Gasteiger charge is 2.34. The maximum absolute atomic E-state index is 14.1. The Morgan fingerprint density at radius 1 is 0.897 bits per heavy atom. The van der Waals surface area contributed by atoms with Crippen molar-refractivity contribution >= 4 is 39.1 Å². The van der Waals surface area contributed by atoms with Gasteiger partial charge >= 0.3 is 0 Å². The molecule has 0 aliphatic rings. The van der Waals surface area contributed by atoms with Gasteiger partial charge in [-0.25, -0.2) is 8.42 Å². The van der Waals surface area contributed by atoms with Crippen molar-refractivity contribution in [3.8, 4) is 0 Å². The summed E-state index contributed by atoms with van der Waals surface area (Å²) in [5.74, 6) is -0.801. The molecular weight excluding hydrogens is 534 g/mol. The normalized spacial score (nSPS) is 12.8. The van der Waals surface area contributed by atoms with Gasteiger partial charge in [0.15, 0.2) is 0 Å². The highest BCUT2D eigenvalue weighted by atomic mass is 35.5. The lowest BCUT2D eigenvalue weighted by Crippen LogP contribution is -2.53. The summed E-state index contributed by atoms with van der Waals surface area (Å²) in [5, 5.41) is 3.43. The van der Waals surface area contributed by atoms with Gasteiger partial charge < -0.3 is 10.2 Å². The molecule has 9 heteroatoms. The van der Waals surface area contributed by atoms with Gasteiger partial charge in [0, 0.05) is 17.6 Å². The Hall–Kier alpha value is -3.36. The molecular formula is C30H36ClN3O4S. The summed E-state index contributed by atoms with van der Waals surface area (Å²) in [6.45, 7) is 7.05. The maximum atomic E-state index is 14.1. The SMILES string of the molecule is CC[C@@H](C)NC(=O)[C@@H](CC)N(Cc1ccccc1Cl)C(=O)CN(c1ccccc1C)S(=O)(=O)c1ccccc1. The van der Waals surface area contributed by atoms with E-state index in [-0.39, 0.29) is 23.4 Å². The third-order valence-corrected chi connectivity index (χ3v) is 8.82. The van der Waals surface area contributed by atoms with Gasteiger partial charge in [-0.2, -0.15) is 0 Å². The van der Waals surface area contributed by atoms with Crippen LogP contribution in [0.4, 0.5) is 5.69 Å². The maximum Gasteiger partial charge on any atom is 0.264 e. The van der Waals surface area contributed by atoms with Crippen molar-refractivity contribution in [3.63, 3.8) is 0 Å². The molecule has 0 spiro atoms. The number of nitrogens with zero attached hydrogens (tertiary/aromatic N) is 2. The lowest BCUT2D eigenvalue weighted by Gasteiger charge is -2.34. The summed E-state index contributed by atoms with van der Waals surface area (Å²) in [6.07, 6.45) is 1.07. The van der Waals surface area contributed by atoms with Crippen LogP contribution in [0.3, 0.4) is 0 Å². The average molecular weight is 570 g/mol. The highest BCUT2D eigenvalue weighted by Crippen LogP contribution is 2.28. The fourth-order valence-electron chi connectivity index (χ4n) is 4.25. The Bertz CT molecular complexity index is 1380. The van der Waals surface area contributed by atoms with E-state index in [1.54, 1.807) is 61.5 Å². The number of rotatable bonds is 12. The summed E-state index contributed by atoms with van der Waals surface area (Å²) in [7, 11) is -4.10. The molecule has 0 unspecified atom stereocenters. The highest BCUT2D eigenvalue weighted by molar-refractivity contribution is 7.92. The molecule has 0 saturated heterocycles. The first-order valence-corrected chi connectivity index (χ1v) is 14.9. The second-order valence-corrected chi connectivity index (χ2v) is 11.7. The van der Waals surface area contributed by atoms with Gasteiger partial charge in [-0.15, -0.1) is 0 Å². The Morgan fingerprint density at radius 2 is 1.51 bits per heavy atom. The molecule has 2 amide bonds. The van der Waals surface area contributed by atoms with Crippen LogP contribution < -0.4 is 9.62 Å². The van der Waals surface area contributed by atoms with Crippen molar-refractivity contribution < 1.29 is 18.0 Å². The van der Waals surface area contributed by atoms with Crippen LogP contribution >= 0.6 is 11.6 Å². The van der Waals surface area contributed by atoms with E-state index < -0.39 is 28.5 Å². The lowest BCUT2D eigenvalue weighted by atomic mass is 10.1. The first-order chi connectivity index (χ1) is 18.6. The monoisotopic (exact) mass is 569 g/mol. The van der Waals surface area contributed by atoms with Gasteiger partial charge in [-0.1, -0.05) is 80.0 Å². The minimum atomic E-state index is -4.10. The molecule has 3 aromatic rings. The predicted octanol–water partition coefficient (Wildman–Crippen LogP) is 5.57. The van der Waals surface area contributed by atoms with Crippen molar-refractivity contribution in [1.29, 1.82) is 0 Å². The number of carbonyl (C=O) groups is 2. The van der Waals surface area contributed by atoms with E-state index in [0.717, 1.165) is 10.7 Å². The van der Waals surface area contributed by atoms with Crippen molar-refractivity contribution in [2.24, 2.45) is 0 Å². The fourth-order valence-corrected chi connectivity index (χ4v) is 5.94. The van der Waals surface area contributed by atoms with Crippen molar-refractivity contribution in [1.82, 2.24) is 10.2 Å². The molecule has 39 heavy (non-hydrogen) atoms. The number of nitrogens with one attached hydrogen (secondary N) is 1. The Balaban J connectivity index is 2.07. The molecule has 0 saturated carbocycles. The topological polar surface area (TPSA) is 86.8 Å². The van der Waals surface area contributed by atoms with Crippen LogP contribution in [0.1, 0.15) is 44.7 Å². The minimum absolute atomic E-state index is 0.0535. The Morgan fingerprint density at radius 3 is 2.13 bits per heavy atom. The molecule has 0 fully saturated rings. The second kappa shape index (κ2) is 13.6. The van der Waals surface area contributed by atoms with E-state index >= 15 is 0 Å². The van der Waals surface area contributed by atoms with E-state index in [9.17, 15) is 18.0 Å². The number of benzene rings is 3. The van der Waals surface area contributed by atoms with Gasteiger partial charge in [-0.3, -0.25) is 13.9 Å². The zero-order chi connectivity index (χ0) is 28.6. The van der Waals surface area contributed by atoms with Crippen LogP contribution in [0.25, 0.3) is 0 Å². The molecule has 2 atom stereocenters. The van der Waals surface area contributed by atoms with Crippen LogP contribution in [-0.4, -0.2) is 43.8 Å². The van der Waals surface area contributed by atoms with E-state index in [0.29, 0.717) is 28.3 Å². The van der Waals surface area contributed by atoms with E-state index in [2.05, 4.69) is 5.32 Å². The van der Waals surface area contributed by atoms with Gasteiger partial charge in [0.2, 0.25) is 11.8 Å². The number of para-hydroxylation sites is 1. The van der Waals surface area contributed by atoms with Gasteiger partial charge in [0.25, 0.3) is 10.0 Å². The van der Waals surface area contributed by atoms with Crippen LogP contribution in [0.2, 0.25) is 5.02 Å². The van der Waals surface area contributed by atoms with Gasteiger partial charge in [-0.05, 0) is 62.1 Å². The minimum Gasteiger partial charge on any atom is -0.352 e. The number of anilines is 1. The first-order valence-electron chi connectivity index (χ1n) is 13.1. The van der Waals surface area contributed by atoms with E-state index in [1.165, 1.54) is 17.0 Å². The van der Waals surface area contributed by atoms with Crippen LogP contribution in [0, 0.1) is 6.92 Å². The van der Waals surface area contributed by atoms with Gasteiger partial charge in [0.05, 0.1) is 10.6 Å². The third kappa shape index (κ3) is 7.40. The molecule has 208 valence electrons. The number of hydrogen-bond acceptors (Lipinski definition) is 4. The number of carbonyl (C=O) groups excluding carboxylic acids is 2. The van der Waals surface area contributed by atoms with Crippen LogP contribution in [0.15, 0.2) is 83.8 Å². The Labute approximate surface area is 236 Å². The summed E-state index contributed by atoms with van der Waals surface area (Å²) in [6, 6.07) is 21.2. The van der Waals surface area contributed by atoms with E-state index in [4.69, 9.17) is 11.6 Å². The smallest absolute Gasteiger partial charge is 0.264 e. The van der Waals surface area contributed by atoms with Crippen LogP contribution in [-0.2, 0) is 26.2 Å².